The molecule has 6 heteroatoms. The molecule has 162 valence electrons. The van der Waals surface area contributed by atoms with Crippen LogP contribution in [0.25, 0.3) is 0 Å². The van der Waals surface area contributed by atoms with Crippen LogP contribution in [0.15, 0.2) is 48.2 Å². The van der Waals surface area contributed by atoms with Gasteiger partial charge in [-0.3, -0.25) is 4.79 Å². The number of allylic oxidation sites excluding steroid dienone is 2. The van der Waals surface area contributed by atoms with Crippen LogP contribution >= 0.6 is 0 Å². The van der Waals surface area contributed by atoms with Gasteiger partial charge in [0.25, 0.3) is 0 Å². The molecule has 2 aliphatic heterocycles. The van der Waals surface area contributed by atoms with Gasteiger partial charge in [-0.05, 0) is 38.2 Å². The van der Waals surface area contributed by atoms with E-state index in [1.165, 1.54) is 11.1 Å². The molecule has 1 aliphatic carbocycles. The number of likely N-dealkylation sites (tertiary alicyclic amines) is 1. The third-order valence-electron chi connectivity index (χ3n) is 6.95. The van der Waals surface area contributed by atoms with Gasteiger partial charge in [-0.2, -0.15) is 0 Å². The second-order valence-corrected chi connectivity index (χ2v) is 9.21. The van der Waals surface area contributed by atoms with E-state index in [1.807, 2.05) is 24.4 Å². The van der Waals surface area contributed by atoms with Crippen molar-refractivity contribution in [3.63, 3.8) is 0 Å². The molecule has 1 aromatic heterocycles. The van der Waals surface area contributed by atoms with Crippen molar-refractivity contribution in [2.75, 3.05) is 25.0 Å². The molecule has 0 bridgehead atoms. The fourth-order valence-electron chi connectivity index (χ4n) is 5.08. The Bertz CT molecular complexity index is 990. The van der Waals surface area contributed by atoms with Gasteiger partial charge in [0.15, 0.2) is 0 Å². The van der Waals surface area contributed by atoms with Crippen molar-refractivity contribution in [1.29, 1.82) is 0 Å². The van der Waals surface area contributed by atoms with Crippen LogP contribution in [0.3, 0.4) is 0 Å². The summed E-state index contributed by atoms with van der Waals surface area (Å²) in [4.78, 5) is 24.7. The molecular weight excluding hydrogens is 388 g/mol. The van der Waals surface area contributed by atoms with Gasteiger partial charge in [-0.1, -0.05) is 42.0 Å². The quantitative estimate of drug-likeness (QED) is 0.765. The average Bonchev–Trinajstić information content (AvgIpc) is 3.23. The predicted octanol–water partition coefficient (Wildman–Crippen LogP) is 3.84. The highest BCUT2D eigenvalue weighted by Crippen LogP contribution is 2.40. The first-order chi connectivity index (χ1) is 15.1. The summed E-state index contributed by atoms with van der Waals surface area (Å²) in [5, 5.41) is 3.36. The van der Waals surface area contributed by atoms with E-state index in [1.54, 1.807) is 0 Å². The third-order valence-corrected chi connectivity index (χ3v) is 6.95. The van der Waals surface area contributed by atoms with Crippen LogP contribution in [-0.4, -0.2) is 40.5 Å². The van der Waals surface area contributed by atoms with Crippen molar-refractivity contribution in [2.24, 2.45) is 5.92 Å². The van der Waals surface area contributed by atoms with E-state index in [0.717, 1.165) is 43.5 Å². The van der Waals surface area contributed by atoms with Gasteiger partial charge < -0.3 is 15.0 Å². The van der Waals surface area contributed by atoms with Gasteiger partial charge in [-0.25, -0.2) is 9.97 Å². The summed E-state index contributed by atoms with van der Waals surface area (Å²) in [6, 6.07) is 10.3. The zero-order valence-electron chi connectivity index (χ0n) is 18.1. The zero-order chi connectivity index (χ0) is 21.3. The molecule has 0 radical (unpaired) electrons. The van der Waals surface area contributed by atoms with Crippen LogP contribution in [0.5, 0.6) is 0 Å². The van der Waals surface area contributed by atoms with Gasteiger partial charge in [0, 0.05) is 37.3 Å². The minimum atomic E-state index is -0.226. The number of hydrogen-bond donors (Lipinski definition) is 1. The van der Waals surface area contributed by atoms with E-state index in [0.29, 0.717) is 38.2 Å². The molecule has 1 fully saturated rings. The predicted molar refractivity (Wildman–Crippen MR) is 119 cm³/mol. The van der Waals surface area contributed by atoms with Crippen molar-refractivity contribution in [2.45, 2.75) is 51.2 Å². The van der Waals surface area contributed by atoms with Crippen molar-refractivity contribution >= 4 is 11.9 Å². The number of rotatable bonds is 4. The Hall–Kier alpha value is -2.73. The molecule has 31 heavy (non-hydrogen) atoms. The van der Waals surface area contributed by atoms with Gasteiger partial charge in [0.1, 0.15) is 0 Å². The lowest BCUT2D eigenvalue weighted by molar-refractivity contribution is -0.135. The number of aromatic nitrogens is 2. The van der Waals surface area contributed by atoms with E-state index < -0.39 is 0 Å². The van der Waals surface area contributed by atoms with Gasteiger partial charge in [0.2, 0.25) is 11.9 Å². The molecule has 3 heterocycles. The first-order valence-corrected chi connectivity index (χ1v) is 11.3. The molecule has 1 amide bonds. The summed E-state index contributed by atoms with van der Waals surface area (Å²) in [6.07, 6.45) is 7.88. The van der Waals surface area contributed by atoms with Gasteiger partial charge >= 0.3 is 0 Å². The summed E-state index contributed by atoms with van der Waals surface area (Å²) in [5.41, 5.74) is 4.47. The number of carbonyl (C=O) groups excluding carboxylic acids is 1. The Morgan fingerprint density at radius 2 is 2.19 bits per heavy atom. The van der Waals surface area contributed by atoms with E-state index in [2.05, 4.69) is 40.3 Å². The summed E-state index contributed by atoms with van der Waals surface area (Å²) in [6.45, 7) is 5.46. The first kappa shape index (κ1) is 20.2. The molecule has 6 nitrogen and oxygen atoms in total. The molecule has 1 saturated heterocycles. The molecule has 1 N–H and O–H groups in total. The second kappa shape index (κ2) is 8.42. The molecule has 5 rings (SSSR count). The highest BCUT2D eigenvalue weighted by molar-refractivity contribution is 5.80. The summed E-state index contributed by atoms with van der Waals surface area (Å²) < 4.78 is 5.94. The molecule has 0 saturated carbocycles. The van der Waals surface area contributed by atoms with Crippen LogP contribution < -0.4 is 5.32 Å². The van der Waals surface area contributed by atoms with Crippen LogP contribution in [-0.2, 0) is 28.1 Å². The first-order valence-electron chi connectivity index (χ1n) is 11.3. The van der Waals surface area contributed by atoms with E-state index in [9.17, 15) is 4.79 Å². The molecule has 1 aromatic carbocycles. The maximum Gasteiger partial charge on any atom is 0.226 e. The summed E-state index contributed by atoms with van der Waals surface area (Å²) in [7, 11) is 0. The normalized spacial score (nSPS) is 25.3. The number of amides is 1. The molecule has 2 aromatic rings. The maximum atomic E-state index is 13.2. The van der Waals surface area contributed by atoms with Crippen LogP contribution in [0.4, 0.5) is 5.95 Å². The Morgan fingerprint density at radius 1 is 1.32 bits per heavy atom. The molecular formula is C25H30N4O2. The lowest BCUT2D eigenvalue weighted by Crippen LogP contribution is -2.43. The Morgan fingerprint density at radius 3 is 3.00 bits per heavy atom. The fraction of sp³-hybridized carbons (Fsp3) is 0.480. The van der Waals surface area contributed by atoms with E-state index >= 15 is 0 Å². The highest BCUT2D eigenvalue weighted by Gasteiger charge is 2.47. The number of fused-ring (bicyclic) bond motifs is 2. The lowest BCUT2D eigenvalue weighted by Gasteiger charge is -2.35. The van der Waals surface area contributed by atoms with Crippen LogP contribution in [0.2, 0.25) is 0 Å². The van der Waals surface area contributed by atoms with Crippen molar-refractivity contribution < 1.29 is 9.53 Å². The third kappa shape index (κ3) is 4.09. The molecule has 2 atom stereocenters. The monoisotopic (exact) mass is 418 g/mol. The lowest BCUT2D eigenvalue weighted by atomic mass is 9.80. The van der Waals surface area contributed by atoms with Crippen LogP contribution in [0, 0.1) is 5.92 Å². The summed E-state index contributed by atoms with van der Waals surface area (Å²) >= 11 is 0. The Kier molecular flexibility index (Phi) is 5.48. The van der Waals surface area contributed by atoms with Crippen molar-refractivity contribution in [3.8, 4) is 0 Å². The minimum Gasteiger partial charge on any atom is -0.376 e. The zero-order valence-corrected chi connectivity index (χ0v) is 18.1. The average molecular weight is 419 g/mol. The number of nitrogens with one attached hydrogen (secondary N) is 1. The standard InChI is InChI=1S/C25H30N4O2/c1-18-7-9-20(10-8-18)23(30)29-12-11-25(16-29)17-31-15-21-14-27-24(28-22(21)25)26-13-19-5-3-2-4-6-19/h2-7,14,20H,8-13,15-17H2,1H3,(H,26,27,28)/t20-,25+/m1/s1. The second-order valence-electron chi connectivity index (χ2n) is 9.21. The topological polar surface area (TPSA) is 67.4 Å². The number of benzene rings is 1. The number of carbonyl (C=O) groups is 1. The number of nitrogens with zero attached hydrogens (tertiary/aromatic N) is 3. The van der Waals surface area contributed by atoms with Gasteiger partial charge in [-0.15, -0.1) is 0 Å². The van der Waals surface area contributed by atoms with E-state index in [4.69, 9.17) is 9.72 Å². The Labute approximate surface area is 183 Å². The van der Waals surface area contributed by atoms with Crippen molar-refractivity contribution in [1.82, 2.24) is 14.9 Å². The smallest absolute Gasteiger partial charge is 0.226 e. The maximum absolute atomic E-state index is 13.2. The molecule has 1 spiro atoms. The number of hydrogen-bond acceptors (Lipinski definition) is 5. The Balaban J connectivity index is 1.32. The number of ether oxygens (including phenoxy) is 1. The summed E-state index contributed by atoms with van der Waals surface area (Å²) in [5.74, 6) is 1.06. The largest absolute Gasteiger partial charge is 0.376 e. The minimum absolute atomic E-state index is 0.122. The highest BCUT2D eigenvalue weighted by atomic mass is 16.5. The van der Waals surface area contributed by atoms with Crippen LogP contribution in [0.1, 0.15) is 49.4 Å². The SMILES string of the molecule is CC1=CC[C@@H](C(=O)N2CC[C@@]3(COCc4cnc(NCc5ccccc5)nc43)C2)CC1. The number of anilines is 1. The molecule has 3 aliphatic rings. The van der Waals surface area contributed by atoms with Gasteiger partial charge in [0.05, 0.1) is 24.3 Å². The molecule has 0 unspecified atom stereocenters. The van der Waals surface area contributed by atoms with E-state index in [-0.39, 0.29) is 11.3 Å². The van der Waals surface area contributed by atoms with Crippen molar-refractivity contribution in [3.05, 3.63) is 65.0 Å². The fourth-order valence-corrected chi connectivity index (χ4v) is 5.08.